The Morgan fingerprint density at radius 1 is 1.33 bits per heavy atom. The van der Waals surface area contributed by atoms with Gasteiger partial charge in [-0.25, -0.2) is 0 Å². The molecule has 2 N–H and O–H groups in total. The Bertz CT molecular complexity index is 441. The van der Waals surface area contributed by atoms with Crippen LogP contribution < -0.4 is 5.73 Å². The third-order valence-corrected chi connectivity index (χ3v) is 3.96. The highest BCUT2D eigenvalue weighted by atomic mass is 32.1. The van der Waals surface area contributed by atoms with Crippen molar-refractivity contribution in [3.8, 4) is 0 Å². The zero-order valence-corrected chi connectivity index (χ0v) is 11.4. The molecule has 4 heteroatoms. The molecule has 96 valence electrons. The van der Waals surface area contributed by atoms with Gasteiger partial charge in [0.05, 0.1) is 0 Å². The number of thiophene rings is 1. The van der Waals surface area contributed by atoms with Crippen molar-refractivity contribution in [2.45, 2.75) is 19.5 Å². The molecule has 0 radical (unpaired) electrons. The minimum atomic E-state index is 0.264. The number of hydrogen-bond acceptors (Lipinski definition) is 4. The maximum Gasteiger partial charge on any atom is 0.0475 e. The predicted molar refractivity (Wildman–Crippen MR) is 76.4 cm³/mol. The molecule has 0 aliphatic carbocycles. The lowest BCUT2D eigenvalue weighted by Crippen LogP contribution is -2.33. The zero-order chi connectivity index (χ0) is 12.8. The average molecular weight is 261 g/mol. The standard InChI is InChI=1S/C14H19N3S/c1-2-17(11-13-4-3-9-18-13)14(10-15)12-5-7-16-8-6-12/h3-9,14H,2,10-11,15H2,1H3. The van der Waals surface area contributed by atoms with Crippen LogP contribution in [0.5, 0.6) is 0 Å². The van der Waals surface area contributed by atoms with E-state index in [0.29, 0.717) is 6.54 Å². The first-order valence-corrected chi connectivity index (χ1v) is 7.09. The van der Waals surface area contributed by atoms with Gasteiger partial charge in [-0.1, -0.05) is 13.0 Å². The van der Waals surface area contributed by atoms with Gasteiger partial charge in [-0.05, 0) is 35.7 Å². The summed E-state index contributed by atoms with van der Waals surface area (Å²) in [5, 5.41) is 2.12. The fraction of sp³-hybridized carbons (Fsp3) is 0.357. The molecule has 0 aliphatic rings. The first-order chi connectivity index (χ1) is 8.85. The highest BCUT2D eigenvalue weighted by molar-refractivity contribution is 7.09. The van der Waals surface area contributed by atoms with Crippen LogP contribution in [-0.4, -0.2) is 23.0 Å². The lowest BCUT2D eigenvalue weighted by Gasteiger charge is -2.29. The molecular formula is C14H19N3S. The Hall–Kier alpha value is -1.23. The van der Waals surface area contributed by atoms with E-state index in [0.717, 1.165) is 13.1 Å². The molecular weight excluding hydrogens is 242 g/mol. The lowest BCUT2D eigenvalue weighted by molar-refractivity contribution is 0.205. The average Bonchev–Trinajstić information content (AvgIpc) is 2.92. The number of hydrogen-bond donors (Lipinski definition) is 1. The lowest BCUT2D eigenvalue weighted by atomic mass is 10.1. The van der Waals surface area contributed by atoms with Crippen molar-refractivity contribution < 1.29 is 0 Å². The Labute approximate surface area is 112 Å². The van der Waals surface area contributed by atoms with Crippen molar-refractivity contribution in [1.29, 1.82) is 0 Å². The van der Waals surface area contributed by atoms with Crippen LogP contribution in [0.2, 0.25) is 0 Å². The van der Waals surface area contributed by atoms with Crippen LogP contribution in [-0.2, 0) is 6.54 Å². The van der Waals surface area contributed by atoms with Crippen LogP contribution in [0.4, 0.5) is 0 Å². The normalized spacial score (nSPS) is 12.8. The third kappa shape index (κ3) is 3.16. The topological polar surface area (TPSA) is 42.1 Å². The van der Waals surface area contributed by atoms with Gasteiger partial charge in [-0.3, -0.25) is 9.88 Å². The van der Waals surface area contributed by atoms with Crippen molar-refractivity contribution in [3.63, 3.8) is 0 Å². The highest BCUT2D eigenvalue weighted by Crippen LogP contribution is 2.22. The number of pyridine rings is 1. The van der Waals surface area contributed by atoms with E-state index < -0.39 is 0 Å². The van der Waals surface area contributed by atoms with Crippen molar-refractivity contribution >= 4 is 11.3 Å². The molecule has 2 aromatic heterocycles. The van der Waals surface area contributed by atoms with Crippen LogP contribution in [0.3, 0.4) is 0 Å². The van der Waals surface area contributed by atoms with E-state index in [4.69, 9.17) is 5.73 Å². The Morgan fingerprint density at radius 2 is 2.11 bits per heavy atom. The summed E-state index contributed by atoms with van der Waals surface area (Å²) in [6.07, 6.45) is 3.66. The number of nitrogens with zero attached hydrogens (tertiary/aromatic N) is 2. The number of aromatic nitrogens is 1. The van der Waals surface area contributed by atoms with E-state index in [1.54, 1.807) is 11.3 Å². The number of likely N-dealkylation sites (N-methyl/N-ethyl adjacent to an activating group) is 1. The molecule has 1 unspecified atom stereocenters. The second-order valence-electron chi connectivity index (χ2n) is 4.17. The number of nitrogens with two attached hydrogens (primary N) is 1. The van der Waals surface area contributed by atoms with E-state index in [9.17, 15) is 0 Å². The fourth-order valence-electron chi connectivity index (χ4n) is 2.13. The van der Waals surface area contributed by atoms with Crippen LogP contribution in [0, 0.1) is 0 Å². The predicted octanol–water partition coefficient (Wildman–Crippen LogP) is 2.67. The molecule has 1 atom stereocenters. The van der Waals surface area contributed by atoms with Crippen molar-refractivity contribution in [2.75, 3.05) is 13.1 Å². The molecule has 0 fully saturated rings. The van der Waals surface area contributed by atoms with Crippen LogP contribution in [0.25, 0.3) is 0 Å². The summed E-state index contributed by atoms with van der Waals surface area (Å²) >= 11 is 1.79. The van der Waals surface area contributed by atoms with Crippen LogP contribution in [0.1, 0.15) is 23.4 Å². The van der Waals surface area contributed by atoms with Crippen molar-refractivity contribution in [3.05, 3.63) is 52.5 Å². The van der Waals surface area contributed by atoms with E-state index in [2.05, 4.69) is 46.5 Å². The van der Waals surface area contributed by atoms with E-state index in [1.165, 1.54) is 10.4 Å². The SMILES string of the molecule is CCN(Cc1cccs1)C(CN)c1ccncc1. The maximum absolute atomic E-state index is 5.95. The largest absolute Gasteiger partial charge is 0.329 e. The summed E-state index contributed by atoms with van der Waals surface area (Å²) in [6.45, 7) is 4.75. The summed E-state index contributed by atoms with van der Waals surface area (Å²) in [7, 11) is 0. The molecule has 0 aliphatic heterocycles. The summed E-state index contributed by atoms with van der Waals surface area (Å²) in [4.78, 5) is 7.85. The minimum absolute atomic E-state index is 0.264. The monoisotopic (exact) mass is 261 g/mol. The number of rotatable bonds is 6. The van der Waals surface area contributed by atoms with Gasteiger partial charge in [-0.15, -0.1) is 11.3 Å². The molecule has 0 saturated carbocycles. The highest BCUT2D eigenvalue weighted by Gasteiger charge is 2.17. The molecule has 0 saturated heterocycles. The van der Waals surface area contributed by atoms with Gasteiger partial charge >= 0.3 is 0 Å². The Balaban J connectivity index is 2.14. The van der Waals surface area contributed by atoms with Gasteiger partial charge in [0.15, 0.2) is 0 Å². The third-order valence-electron chi connectivity index (χ3n) is 3.10. The molecule has 0 spiro atoms. The van der Waals surface area contributed by atoms with Gasteiger partial charge in [0.1, 0.15) is 0 Å². The molecule has 18 heavy (non-hydrogen) atoms. The molecule has 3 nitrogen and oxygen atoms in total. The molecule has 2 aromatic rings. The first kappa shape index (κ1) is 13.2. The summed E-state index contributed by atoms with van der Waals surface area (Å²) in [5.41, 5.74) is 7.19. The molecule has 2 rings (SSSR count). The molecule has 2 heterocycles. The van der Waals surface area contributed by atoms with Gasteiger partial charge in [0, 0.05) is 36.4 Å². The molecule has 0 bridgehead atoms. The van der Waals surface area contributed by atoms with Crippen LogP contribution >= 0.6 is 11.3 Å². The zero-order valence-electron chi connectivity index (χ0n) is 10.6. The van der Waals surface area contributed by atoms with Crippen molar-refractivity contribution in [2.24, 2.45) is 5.73 Å². The van der Waals surface area contributed by atoms with Crippen molar-refractivity contribution in [1.82, 2.24) is 9.88 Å². The van der Waals surface area contributed by atoms with E-state index in [1.807, 2.05) is 12.4 Å². The Morgan fingerprint density at radius 3 is 2.67 bits per heavy atom. The van der Waals surface area contributed by atoms with E-state index in [-0.39, 0.29) is 6.04 Å². The smallest absolute Gasteiger partial charge is 0.0475 e. The Kier molecular flexibility index (Phi) is 4.87. The van der Waals surface area contributed by atoms with Crippen LogP contribution in [0.15, 0.2) is 42.0 Å². The molecule has 0 amide bonds. The van der Waals surface area contributed by atoms with Gasteiger partial charge in [-0.2, -0.15) is 0 Å². The second kappa shape index (κ2) is 6.64. The van der Waals surface area contributed by atoms with Gasteiger partial charge in [0.25, 0.3) is 0 Å². The summed E-state index contributed by atoms with van der Waals surface area (Å²) in [5.74, 6) is 0. The maximum atomic E-state index is 5.95. The fourth-order valence-corrected chi connectivity index (χ4v) is 2.86. The summed E-state index contributed by atoms with van der Waals surface area (Å²) in [6, 6.07) is 8.63. The summed E-state index contributed by atoms with van der Waals surface area (Å²) < 4.78 is 0. The minimum Gasteiger partial charge on any atom is -0.329 e. The van der Waals surface area contributed by atoms with E-state index >= 15 is 0 Å². The van der Waals surface area contributed by atoms with Gasteiger partial charge < -0.3 is 5.73 Å². The molecule has 0 aromatic carbocycles. The van der Waals surface area contributed by atoms with Gasteiger partial charge in [0.2, 0.25) is 0 Å². The first-order valence-electron chi connectivity index (χ1n) is 6.21. The second-order valence-corrected chi connectivity index (χ2v) is 5.21. The quantitative estimate of drug-likeness (QED) is 0.869.